The molecular weight excluding hydrogens is 248 g/mol. The number of nitrogens with one attached hydrogen (secondary N) is 1. The van der Waals surface area contributed by atoms with E-state index in [2.05, 4.69) is 4.98 Å². The van der Waals surface area contributed by atoms with Crippen LogP contribution in [0.3, 0.4) is 0 Å². The number of likely N-dealkylation sites (N-methyl/N-ethyl adjacent to an activating group) is 1. The van der Waals surface area contributed by atoms with Crippen molar-refractivity contribution in [1.29, 1.82) is 0 Å². The highest BCUT2D eigenvalue weighted by Gasteiger charge is 2.24. The molecule has 1 aromatic carbocycles. The quantitative estimate of drug-likeness (QED) is 0.851. The first-order valence-electron chi connectivity index (χ1n) is 5.66. The third-order valence-electron chi connectivity index (χ3n) is 3.27. The molecule has 4 nitrogen and oxygen atoms in total. The molecule has 0 bridgehead atoms. The number of aromatic amines is 1. The summed E-state index contributed by atoms with van der Waals surface area (Å²) >= 11 is 1.21. The van der Waals surface area contributed by atoms with E-state index in [1.165, 1.54) is 11.3 Å². The summed E-state index contributed by atoms with van der Waals surface area (Å²) in [6.07, 6.45) is 0.438. The molecule has 0 radical (unpaired) electrons. The van der Waals surface area contributed by atoms with Crippen molar-refractivity contribution in [3.63, 3.8) is 0 Å². The summed E-state index contributed by atoms with van der Waals surface area (Å²) in [5.41, 5.74) is 3.80. The molecule has 5 heteroatoms. The highest BCUT2D eigenvalue weighted by Crippen LogP contribution is 2.32. The van der Waals surface area contributed by atoms with Crippen LogP contribution in [-0.4, -0.2) is 17.9 Å². The van der Waals surface area contributed by atoms with Crippen molar-refractivity contribution in [3.8, 4) is 11.3 Å². The molecule has 2 aromatic rings. The Bertz CT molecular complexity index is 699. The molecule has 3 rings (SSSR count). The highest BCUT2D eigenvalue weighted by atomic mass is 32.1. The van der Waals surface area contributed by atoms with Crippen LogP contribution in [0.5, 0.6) is 0 Å². The molecule has 1 aliphatic rings. The van der Waals surface area contributed by atoms with Gasteiger partial charge in [-0.05, 0) is 30.2 Å². The summed E-state index contributed by atoms with van der Waals surface area (Å²) in [5.74, 6) is 0.109. The van der Waals surface area contributed by atoms with Gasteiger partial charge in [-0.25, -0.2) is 0 Å². The molecule has 1 amide bonds. The van der Waals surface area contributed by atoms with Gasteiger partial charge in [0.2, 0.25) is 5.91 Å². The van der Waals surface area contributed by atoms with Gasteiger partial charge in [0.1, 0.15) is 0 Å². The van der Waals surface area contributed by atoms with Crippen LogP contribution in [0.4, 0.5) is 5.69 Å². The Labute approximate surface area is 108 Å². The molecule has 0 saturated heterocycles. The second-order valence-corrected chi connectivity index (χ2v) is 5.61. The van der Waals surface area contributed by atoms with E-state index in [9.17, 15) is 9.59 Å². The van der Waals surface area contributed by atoms with Crippen LogP contribution >= 0.6 is 11.3 Å². The first-order chi connectivity index (χ1) is 8.56. The van der Waals surface area contributed by atoms with Gasteiger partial charge < -0.3 is 9.88 Å². The Balaban J connectivity index is 2.12. The molecule has 1 N–H and O–H groups in total. The summed E-state index contributed by atoms with van der Waals surface area (Å²) in [4.78, 5) is 28.4. The number of carbonyl (C=O) groups is 1. The number of anilines is 1. The van der Waals surface area contributed by atoms with Crippen LogP contribution in [-0.2, 0) is 11.2 Å². The van der Waals surface area contributed by atoms with Gasteiger partial charge in [-0.15, -0.1) is 0 Å². The predicted molar refractivity (Wildman–Crippen MR) is 72.2 cm³/mol. The number of aromatic nitrogens is 1. The highest BCUT2D eigenvalue weighted by molar-refractivity contribution is 7.09. The van der Waals surface area contributed by atoms with E-state index in [1.807, 2.05) is 25.1 Å². The van der Waals surface area contributed by atoms with Gasteiger partial charge in [-0.1, -0.05) is 17.4 Å². The molecule has 92 valence electrons. The Morgan fingerprint density at radius 1 is 1.33 bits per heavy atom. The number of rotatable bonds is 1. The number of hydrogen-bond acceptors (Lipinski definition) is 3. The molecule has 0 spiro atoms. The van der Waals surface area contributed by atoms with E-state index < -0.39 is 0 Å². The zero-order valence-electron chi connectivity index (χ0n) is 10.1. The van der Waals surface area contributed by atoms with Crippen LogP contribution in [0, 0.1) is 6.92 Å². The van der Waals surface area contributed by atoms with Crippen LogP contribution in [0.2, 0.25) is 0 Å². The number of aryl methyl sites for hydroxylation is 1. The largest absolute Gasteiger partial charge is 0.315 e. The molecular formula is C13H12N2O2S. The number of thiazole rings is 1. The van der Waals surface area contributed by atoms with Gasteiger partial charge in [-0.3, -0.25) is 9.59 Å². The second-order valence-electron chi connectivity index (χ2n) is 4.42. The third-order valence-corrected chi connectivity index (χ3v) is 4.07. The maximum atomic E-state index is 11.6. The Kier molecular flexibility index (Phi) is 2.38. The van der Waals surface area contributed by atoms with Crippen molar-refractivity contribution in [3.05, 3.63) is 38.3 Å². The number of hydrogen-bond donors (Lipinski definition) is 1. The molecule has 1 aliphatic heterocycles. The standard InChI is InChI=1S/C13H12N2O2S/c1-7-12(14-13(17)18-7)8-3-4-10-9(5-8)6-11(16)15(10)2/h3-5H,6H2,1-2H3,(H,14,17). The van der Waals surface area contributed by atoms with E-state index in [4.69, 9.17) is 0 Å². The minimum atomic E-state index is -0.0452. The smallest absolute Gasteiger partial charge is 0.305 e. The van der Waals surface area contributed by atoms with Gasteiger partial charge in [0.05, 0.1) is 12.1 Å². The van der Waals surface area contributed by atoms with Crippen LogP contribution < -0.4 is 9.77 Å². The Morgan fingerprint density at radius 3 is 2.78 bits per heavy atom. The van der Waals surface area contributed by atoms with E-state index >= 15 is 0 Å². The molecule has 18 heavy (non-hydrogen) atoms. The lowest BCUT2D eigenvalue weighted by atomic mass is 10.1. The number of H-pyrrole nitrogens is 1. The number of carbonyl (C=O) groups excluding carboxylic acids is 1. The topological polar surface area (TPSA) is 53.2 Å². The van der Waals surface area contributed by atoms with Gasteiger partial charge in [0.15, 0.2) is 0 Å². The number of benzene rings is 1. The van der Waals surface area contributed by atoms with Crippen LogP contribution in [0.15, 0.2) is 23.0 Å². The van der Waals surface area contributed by atoms with E-state index in [-0.39, 0.29) is 10.8 Å². The Morgan fingerprint density at radius 2 is 2.11 bits per heavy atom. The molecule has 0 atom stereocenters. The van der Waals surface area contributed by atoms with Crippen molar-refractivity contribution in [2.24, 2.45) is 0 Å². The number of nitrogens with zero attached hydrogens (tertiary/aromatic N) is 1. The van der Waals surface area contributed by atoms with Crippen molar-refractivity contribution in [1.82, 2.24) is 4.98 Å². The van der Waals surface area contributed by atoms with Gasteiger partial charge in [0, 0.05) is 17.6 Å². The van der Waals surface area contributed by atoms with E-state index in [1.54, 1.807) is 11.9 Å². The summed E-state index contributed by atoms with van der Waals surface area (Å²) in [5, 5.41) is 0. The fourth-order valence-electron chi connectivity index (χ4n) is 2.31. The van der Waals surface area contributed by atoms with Gasteiger partial charge in [-0.2, -0.15) is 0 Å². The molecule has 2 heterocycles. The van der Waals surface area contributed by atoms with Crippen LogP contribution in [0.1, 0.15) is 10.4 Å². The van der Waals surface area contributed by atoms with Crippen molar-refractivity contribution in [2.75, 3.05) is 11.9 Å². The van der Waals surface area contributed by atoms with Crippen LogP contribution in [0.25, 0.3) is 11.3 Å². The lowest BCUT2D eigenvalue weighted by molar-refractivity contribution is -0.117. The average molecular weight is 260 g/mol. The fourth-order valence-corrected chi connectivity index (χ4v) is 3.01. The molecule has 0 unspecified atom stereocenters. The monoisotopic (exact) mass is 260 g/mol. The summed E-state index contributed by atoms with van der Waals surface area (Å²) in [6.45, 7) is 1.92. The zero-order chi connectivity index (χ0) is 12.9. The van der Waals surface area contributed by atoms with E-state index in [0.717, 1.165) is 27.4 Å². The number of amides is 1. The van der Waals surface area contributed by atoms with Gasteiger partial charge in [0.25, 0.3) is 0 Å². The molecule has 0 fully saturated rings. The van der Waals surface area contributed by atoms with E-state index in [0.29, 0.717) is 6.42 Å². The zero-order valence-corrected chi connectivity index (χ0v) is 10.9. The SMILES string of the molecule is Cc1sc(=O)[nH]c1-c1ccc2c(c1)CC(=O)N2C. The second kappa shape index (κ2) is 3.81. The maximum Gasteiger partial charge on any atom is 0.305 e. The third kappa shape index (κ3) is 1.59. The van der Waals surface area contributed by atoms with Gasteiger partial charge >= 0.3 is 4.87 Å². The normalized spacial score (nSPS) is 14.1. The minimum Gasteiger partial charge on any atom is -0.315 e. The summed E-state index contributed by atoms with van der Waals surface area (Å²) in [6, 6.07) is 5.87. The molecule has 1 aromatic heterocycles. The summed E-state index contributed by atoms with van der Waals surface area (Å²) in [7, 11) is 1.78. The number of fused-ring (bicyclic) bond motifs is 1. The van der Waals surface area contributed by atoms with Crippen molar-refractivity contribution < 1.29 is 4.79 Å². The first kappa shape index (κ1) is 11.2. The molecule has 0 aliphatic carbocycles. The lowest BCUT2D eigenvalue weighted by Crippen LogP contribution is -2.20. The Hall–Kier alpha value is -1.88. The maximum absolute atomic E-state index is 11.6. The summed E-state index contributed by atoms with van der Waals surface area (Å²) < 4.78 is 0. The average Bonchev–Trinajstić information content (AvgIpc) is 2.80. The lowest BCUT2D eigenvalue weighted by Gasteiger charge is -2.10. The predicted octanol–water partition coefficient (Wildman–Crippen LogP) is 1.93. The molecule has 0 saturated carbocycles. The first-order valence-corrected chi connectivity index (χ1v) is 6.47. The van der Waals surface area contributed by atoms with Crippen molar-refractivity contribution in [2.45, 2.75) is 13.3 Å². The minimum absolute atomic E-state index is 0.0452. The van der Waals surface area contributed by atoms with Crippen molar-refractivity contribution >= 4 is 22.9 Å². The fraction of sp³-hybridized carbons (Fsp3) is 0.231.